The van der Waals surface area contributed by atoms with Crippen molar-refractivity contribution >= 4 is 16.6 Å². The molecule has 0 saturated heterocycles. The third-order valence-corrected chi connectivity index (χ3v) is 3.16. The highest BCUT2D eigenvalue weighted by Gasteiger charge is 2.05. The second-order valence-electron chi connectivity index (χ2n) is 5.12. The molecular weight excluding hydrogens is 246 g/mol. The molecule has 3 aromatic rings. The Kier molecular flexibility index (Phi) is 3.33. The Morgan fingerprint density at radius 1 is 0.900 bits per heavy atom. The summed E-state index contributed by atoms with van der Waals surface area (Å²) < 4.78 is 0. The molecule has 0 aliphatic rings. The SMILES string of the molecule is CC(C)Nc1ccc(-c2ncnc3ccccc23)cc1. The number of benzene rings is 2. The predicted octanol–water partition coefficient (Wildman–Crippen LogP) is 4.12. The first-order valence-electron chi connectivity index (χ1n) is 6.81. The van der Waals surface area contributed by atoms with Crippen LogP contribution in [-0.2, 0) is 0 Å². The molecule has 3 nitrogen and oxygen atoms in total. The fraction of sp³-hybridized carbons (Fsp3) is 0.176. The van der Waals surface area contributed by atoms with Gasteiger partial charge in [-0.15, -0.1) is 0 Å². The highest BCUT2D eigenvalue weighted by molar-refractivity contribution is 5.92. The number of hydrogen-bond acceptors (Lipinski definition) is 3. The van der Waals surface area contributed by atoms with Gasteiger partial charge in [-0.3, -0.25) is 0 Å². The molecule has 0 bridgehead atoms. The van der Waals surface area contributed by atoms with Crippen LogP contribution in [-0.4, -0.2) is 16.0 Å². The molecule has 3 heteroatoms. The van der Waals surface area contributed by atoms with Crippen molar-refractivity contribution in [3.05, 3.63) is 54.9 Å². The van der Waals surface area contributed by atoms with Gasteiger partial charge in [0.2, 0.25) is 0 Å². The molecule has 0 aliphatic carbocycles. The summed E-state index contributed by atoms with van der Waals surface area (Å²) in [6.07, 6.45) is 1.62. The molecule has 0 aliphatic heterocycles. The molecule has 0 saturated carbocycles. The summed E-state index contributed by atoms with van der Waals surface area (Å²) in [5, 5.41) is 4.47. The number of aromatic nitrogens is 2. The maximum atomic E-state index is 4.44. The Morgan fingerprint density at radius 2 is 1.65 bits per heavy atom. The third kappa shape index (κ3) is 2.48. The van der Waals surface area contributed by atoms with Crippen LogP contribution >= 0.6 is 0 Å². The van der Waals surface area contributed by atoms with Crippen LogP contribution in [0.2, 0.25) is 0 Å². The first kappa shape index (κ1) is 12.6. The van der Waals surface area contributed by atoms with E-state index < -0.39 is 0 Å². The summed E-state index contributed by atoms with van der Waals surface area (Å²) in [5.41, 5.74) is 4.19. The van der Waals surface area contributed by atoms with Crippen molar-refractivity contribution < 1.29 is 0 Å². The average molecular weight is 263 g/mol. The minimum atomic E-state index is 0.431. The number of nitrogens with one attached hydrogen (secondary N) is 1. The highest BCUT2D eigenvalue weighted by Crippen LogP contribution is 2.26. The van der Waals surface area contributed by atoms with Gasteiger partial charge in [0, 0.05) is 22.7 Å². The molecule has 0 spiro atoms. The minimum Gasteiger partial charge on any atom is -0.383 e. The van der Waals surface area contributed by atoms with E-state index in [1.807, 2.05) is 18.2 Å². The molecule has 0 amide bonds. The van der Waals surface area contributed by atoms with Crippen LogP contribution in [0.25, 0.3) is 22.2 Å². The van der Waals surface area contributed by atoms with Crippen LogP contribution < -0.4 is 5.32 Å². The summed E-state index contributed by atoms with van der Waals surface area (Å²) in [6.45, 7) is 4.26. The zero-order valence-corrected chi connectivity index (χ0v) is 11.7. The highest BCUT2D eigenvalue weighted by atomic mass is 14.9. The van der Waals surface area contributed by atoms with Crippen molar-refractivity contribution in [1.29, 1.82) is 0 Å². The van der Waals surface area contributed by atoms with Gasteiger partial charge in [0.1, 0.15) is 6.33 Å². The summed E-state index contributed by atoms with van der Waals surface area (Å²) in [7, 11) is 0. The van der Waals surface area contributed by atoms with E-state index in [0.29, 0.717) is 6.04 Å². The van der Waals surface area contributed by atoms with Crippen LogP contribution in [0.1, 0.15) is 13.8 Å². The minimum absolute atomic E-state index is 0.431. The first-order chi connectivity index (χ1) is 9.74. The zero-order valence-electron chi connectivity index (χ0n) is 11.7. The van der Waals surface area contributed by atoms with Gasteiger partial charge in [0.05, 0.1) is 11.2 Å². The van der Waals surface area contributed by atoms with Gasteiger partial charge < -0.3 is 5.32 Å². The van der Waals surface area contributed by atoms with Crippen molar-refractivity contribution in [2.45, 2.75) is 19.9 Å². The molecule has 0 fully saturated rings. The van der Waals surface area contributed by atoms with Crippen molar-refractivity contribution in [2.24, 2.45) is 0 Å². The second kappa shape index (κ2) is 5.29. The lowest BCUT2D eigenvalue weighted by Gasteiger charge is -2.11. The van der Waals surface area contributed by atoms with Gasteiger partial charge in [-0.2, -0.15) is 0 Å². The van der Waals surface area contributed by atoms with Gasteiger partial charge in [0.15, 0.2) is 0 Å². The lowest BCUT2D eigenvalue weighted by Crippen LogP contribution is -2.09. The number of hydrogen-bond donors (Lipinski definition) is 1. The fourth-order valence-corrected chi connectivity index (χ4v) is 2.29. The van der Waals surface area contributed by atoms with E-state index in [1.165, 1.54) is 0 Å². The quantitative estimate of drug-likeness (QED) is 0.772. The predicted molar refractivity (Wildman–Crippen MR) is 83.7 cm³/mol. The number of fused-ring (bicyclic) bond motifs is 1. The average Bonchev–Trinajstić information content (AvgIpc) is 2.47. The van der Waals surface area contributed by atoms with Crippen molar-refractivity contribution in [3.63, 3.8) is 0 Å². The van der Waals surface area contributed by atoms with Crippen LogP contribution in [0.5, 0.6) is 0 Å². The lowest BCUT2D eigenvalue weighted by molar-refractivity contribution is 0.900. The molecule has 2 aromatic carbocycles. The number of para-hydroxylation sites is 1. The van der Waals surface area contributed by atoms with Gasteiger partial charge in [-0.05, 0) is 32.0 Å². The van der Waals surface area contributed by atoms with E-state index in [0.717, 1.165) is 27.8 Å². The molecule has 0 unspecified atom stereocenters. The largest absolute Gasteiger partial charge is 0.383 e. The maximum absolute atomic E-state index is 4.44. The summed E-state index contributed by atoms with van der Waals surface area (Å²) in [6, 6.07) is 16.9. The second-order valence-corrected chi connectivity index (χ2v) is 5.12. The van der Waals surface area contributed by atoms with Crippen LogP contribution in [0.15, 0.2) is 54.9 Å². The van der Waals surface area contributed by atoms with Gasteiger partial charge in [0.25, 0.3) is 0 Å². The summed E-state index contributed by atoms with van der Waals surface area (Å²) in [5.74, 6) is 0. The van der Waals surface area contributed by atoms with Crippen molar-refractivity contribution in [2.75, 3.05) is 5.32 Å². The van der Waals surface area contributed by atoms with Gasteiger partial charge in [-0.25, -0.2) is 9.97 Å². The van der Waals surface area contributed by atoms with E-state index >= 15 is 0 Å². The molecule has 1 aromatic heterocycles. The van der Waals surface area contributed by atoms with Crippen LogP contribution in [0.4, 0.5) is 5.69 Å². The van der Waals surface area contributed by atoms with E-state index in [-0.39, 0.29) is 0 Å². The fourth-order valence-electron chi connectivity index (χ4n) is 2.29. The molecule has 100 valence electrons. The normalized spacial score (nSPS) is 10.9. The number of rotatable bonds is 3. The van der Waals surface area contributed by atoms with E-state index in [1.54, 1.807) is 6.33 Å². The monoisotopic (exact) mass is 263 g/mol. The summed E-state index contributed by atoms with van der Waals surface area (Å²) in [4.78, 5) is 8.74. The van der Waals surface area contributed by atoms with Gasteiger partial charge in [-0.1, -0.05) is 30.3 Å². The van der Waals surface area contributed by atoms with Crippen LogP contribution in [0, 0.1) is 0 Å². The molecular formula is C17H17N3. The summed E-state index contributed by atoms with van der Waals surface area (Å²) >= 11 is 0. The molecule has 0 atom stereocenters. The van der Waals surface area contributed by atoms with Crippen molar-refractivity contribution in [1.82, 2.24) is 9.97 Å². The zero-order chi connectivity index (χ0) is 13.9. The third-order valence-electron chi connectivity index (χ3n) is 3.16. The smallest absolute Gasteiger partial charge is 0.116 e. The Hall–Kier alpha value is -2.42. The molecule has 20 heavy (non-hydrogen) atoms. The molecule has 3 rings (SSSR count). The molecule has 1 heterocycles. The maximum Gasteiger partial charge on any atom is 0.116 e. The first-order valence-corrected chi connectivity index (χ1v) is 6.81. The van der Waals surface area contributed by atoms with E-state index in [2.05, 4.69) is 59.5 Å². The molecule has 1 N–H and O–H groups in total. The standard InChI is InChI=1S/C17H17N3/c1-12(2)20-14-9-7-13(8-10-14)17-15-5-3-4-6-16(15)18-11-19-17/h3-12,20H,1-2H3. The Morgan fingerprint density at radius 3 is 2.40 bits per heavy atom. The number of anilines is 1. The van der Waals surface area contributed by atoms with Crippen molar-refractivity contribution in [3.8, 4) is 11.3 Å². The Labute approximate surface area is 118 Å². The number of nitrogens with zero attached hydrogens (tertiary/aromatic N) is 2. The van der Waals surface area contributed by atoms with Gasteiger partial charge >= 0.3 is 0 Å². The van der Waals surface area contributed by atoms with Crippen LogP contribution in [0.3, 0.4) is 0 Å². The topological polar surface area (TPSA) is 37.8 Å². The Balaban J connectivity index is 2.03. The van der Waals surface area contributed by atoms with E-state index in [4.69, 9.17) is 0 Å². The van der Waals surface area contributed by atoms with E-state index in [9.17, 15) is 0 Å². The lowest BCUT2D eigenvalue weighted by atomic mass is 10.1. The molecule has 0 radical (unpaired) electrons. The Bertz CT molecular complexity index is 712.